The van der Waals surface area contributed by atoms with Crippen LogP contribution in [-0.4, -0.2) is 25.7 Å². The van der Waals surface area contributed by atoms with Gasteiger partial charge >= 0.3 is 0 Å². The lowest BCUT2D eigenvalue weighted by Crippen LogP contribution is -2.26. The molecule has 0 saturated carbocycles. The monoisotopic (exact) mass is 297 g/mol. The molecule has 0 aliphatic carbocycles. The Balaban J connectivity index is 2.28. The number of hydrogen-bond acceptors (Lipinski definition) is 4. The topological polar surface area (TPSA) is 69.2 Å². The van der Waals surface area contributed by atoms with E-state index in [9.17, 15) is 0 Å². The van der Waals surface area contributed by atoms with Gasteiger partial charge in [-0.15, -0.1) is 0 Å². The highest BCUT2D eigenvalue weighted by molar-refractivity contribution is 6.47. The van der Waals surface area contributed by atoms with Crippen LogP contribution in [0.3, 0.4) is 0 Å². The summed E-state index contributed by atoms with van der Waals surface area (Å²) >= 11 is 0. The molecular formula is C17H19N3O2. The molecule has 2 rings (SSSR count). The Kier molecular flexibility index (Phi) is 5.54. The summed E-state index contributed by atoms with van der Waals surface area (Å²) in [6, 6.07) is 17.4. The summed E-state index contributed by atoms with van der Waals surface area (Å²) in [4.78, 5) is 8.87. The molecule has 0 aromatic heterocycles. The van der Waals surface area contributed by atoms with Crippen LogP contribution < -0.4 is 10.5 Å². The SMILES string of the molecule is CN=C(N)C(=NOC)c1ccccc1COc1ccccc1. The molecule has 2 aromatic carbocycles. The average Bonchev–Trinajstić information content (AvgIpc) is 2.58. The number of hydrogen-bond donors (Lipinski definition) is 1. The molecule has 0 fully saturated rings. The number of nitrogens with zero attached hydrogens (tertiary/aromatic N) is 2. The third-order valence-corrected chi connectivity index (χ3v) is 3.08. The maximum Gasteiger partial charge on any atom is 0.152 e. The van der Waals surface area contributed by atoms with Gasteiger partial charge in [0, 0.05) is 12.6 Å². The molecule has 2 aromatic rings. The van der Waals surface area contributed by atoms with Gasteiger partial charge in [-0.05, 0) is 17.7 Å². The highest BCUT2D eigenvalue weighted by Crippen LogP contribution is 2.16. The Morgan fingerprint density at radius 3 is 2.41 bits per heavy atom. The predicted octanol–water partition coefficient (Wildman–Crippen LogP) is 2.60. The first-order chi connectivity index (χ1) is 10.8. The third-order valence-electron chi connectivity index (χ3n) is 3.08. The molecule has 0 amide bonds. The number of rotatable bonds is 6. The van der Waals surface area contributed by atoms with E-state index in [0.717, 1.165) is 16.9 Å². The number of nitrogens with two attached hydrogens (primary N) is 1. The lowest BCUT2D eigenvalue weighted by atomic mass is 10.0. The summed E-state index contributed by atoms with van der Waals surface area (Å²) in [7, 11) is 3.09. The molecule has 0 saturated heterocycles. The molecule has 5 heteroatoms. The van der Waals surface area contributed by atoms with Crippen LogP contribution in [0.2, 0.25) is 0 Å². The average molecular weight is 297 g/mol. The molecule has 0 aliphatic heterocycles. The van der Waals surface area contributed by atoms with Gasteiger partial charge in [0.15, 0.2) is 5.71 Å². The lowest BCUT2D eigenvalue weighted by molar-refractivity contribution is 0.214. The van der Waals surface area contributed by atoms with Gasteiger partial charge in [0.2, 0.25) is 0 Å². The van der Waals surface area contributed by atoms with E-state index in [1.165, 1.54) is 7.11 Å². The standard InChI is InChI=1S/C17H19N3O2/c1-19-17(18)16(20-21-2)15-11-7-6-8-13(15)12-22-14-9-4-3-5-10-14/h3-11H,12H2,1-2H3,(H2,18,19). The predicted molar refractivity (Wildman–Crippen MR) is 88.3 cm³/mol. The van der Waals surface area contributed by atoms with Gasteiger partial charge in [-0.1, -0.05) is 47.6 Å². The van der Waals surface area contributed by atoms with Crippen LogP contribution in [0.25, 0.3) is 0 Å². The Labute approximate surface area is 130 Å². The fourth-order valence-corrected chi connectivity index (χ4v) is 1.99. The molecule has 114 valence electrons. The maximum absolute atomic E-state index is 5.91. The summed E-state index contributed by atoms with van der Waals surface area (Å²) in [5.74, 6) is 1.12. The first kappa shape index (κ1) is 15.6. The fraction of sp³-hybridized carbons (Fsp3) is 0.176. The second-order valence-electron chi connectivity index (χ2n) is 4.49. The van der Waals surface area contributed by atoms with Crippen molar-refractivity contribution in [3.05, 3.63) is 65.7 Å². The molecule has 0 radical (unpaired) electrons. The van der Waals surface area contributed by atoms with E-state index < -0.39 is 0 Å². The van der Waals surface area contributed by atoms with E-state index >= 15 is 0 Å². The number of amidine groups is 1. The quantitative estimate of drug-likeness (QED) is 0.506. The second-order valence-corrected chi connectivity index (χ2v) is 4.49. The molecule has 0 atom stereocenters. The van der Waals surface area contributed by atoms with Crippen LogP contribution >= 0.6 is 0 Å². The third kappa shape index (κ3) is 3.85. The Morgan fingerprint density at radius 2 is 1.73 bits per heavy atom. The van der Waals surface area contributed by atoms with Gasteiger partial charge in [0.25, 0.3) is 0 Å². The summed E-state index contributed by atoms with van der Waals surface area (Å²) in [5, 5.41) is 3.99. The number of ether oxygens (including phenoxy) is 1. The molecule has 0 unspecified atom stereocenters. The van der Waals surface area contributed by atoms with Crippen molar-refractivity contribution in [3.63, 3.8) is 0 Å². The molecule has 0 spiro atoms. The van der Waals surface area contributed by atoms with Crippen molar-refractivity contribution < 1.29 is 9.57 Å². The molecule has 0 heterocycles. The van der Waals surface area contributed by atoms with Crippen molar-refractivity contribution in [2.75, 3.05) is 14.2 Å². The molecule has 22 heavy (non-hydrogen) atoms. The van der Waals surface area contributed by atoms with Crippen molar-refractivity contribution in [1.82, 2.24) is 0 Å². The van der Waals surface area contributed by atoms with E-state index in [4.69, 9.17) is 15.3 Å². The normalized spacial score (nSPS) is 12.1. The summed E-state index contributed by atoms with van der Waals surface area (Å²) in [5.41, 5.74) is 8.20. The Bertz CT molecular complexity index is 667. The van der Waals surface area contributed by atoms with E-state index in [0.29, 0.717) is 18.2 Å². The zero-order valence-corrected chi connectivity index (χ0v) is 12.7. The highest BCUT2D eigenvalue weighted by atomic mass is 16.6. The smallest absolute Gasteiger partial charge is 0.152 e. The van der Waals surface area contributed by atoms with Crippen molar-refractivity contribution in [2.45, 2.75) is 6.61 Å². The zero-order valence-electron chi connectivity index (χ0n) is 12.7. The molecule has 0 bridgehead atoms. The Hall–Kier alpha value is -2.82. The van der Waals surface area contributed by atoms with Crippen LogP contribution in [0.1, 0.15) is 11.1 Å². The minimum atomic E-state index is 0.314. The number of oxime groups is 1. The molecule has 2 N–H and O–H groups in total. The highest BCUT2D eigenvalue weighted by Gasteiger charge is 2.14. The fourth-order valence-electron chi connectivity index (χ4n) is 1.99. The van der Waals surface area contributed by atoms with Crippen molar-refractivity contribution in [2.24, 2.45) is 15.9 Å². The van der Waals surface area contributed by atoms with E-state index in [1.54, 1.807) is 7.05 Å². The van der Waals surface area contributed by atoms with E-state index in [-0.39, 0.29) is 0 Å². The molecular weight excluding hydrogens is 278 g/mol. The van der Waals surface area contributed by atoms with E-state index in [2.05, 4.69) is 10.1 Å². The van der Waals surface area contributed by atoms with Crippen LogP contribution in [0.4, 0.5) is 0 Å². The summed E-state index contributed by atoms with van der Waals surface area (Å²) in [6.07, 6.45) is 0. The summed E-state index contributed by atoms with van der Waals surface area (Å²) in [6.45, 7) is 0.403. The van der Waals surface area contributed by atoms with Gasteiger partial charge in [0.1, 0.15) is 25.3 Å². The lowest BCUT2D eigenvalue weighted by Gasteiger charge is -2.12. The summed E-state index contributed by atoms with van der Waals surface area (Å²) < 4.78 is 5.80. The van der Waals surface area contributed by atoms with Gasteiger partial charge in [-0.3, -0.25) is 4.99 Å². The molecule has 0 aliphatic rings. The second kappa shape index (κ2) is 7.83. The van der Waals surface area contributed by atoms with Crippen molar-refractivity contribution in [1.29, 1.82) is 0 Å². The maximum atomic E-state index is 5.91. The van der Waals surface area contributed by atoms with E-state index in [1.807, 2.05) is 54.6 Å². The number of benzene rings is 2. The van der Waals surface area contributed by atoms with Crippen molar-refractivity contribution >= 4 is 11.5 Å². The van der Waals surface area contributed by atoms with Crippen molar-refractivity contribution in [3.8, 4) is 5.75 Å². The largest absolute Gasteiger partial charge is 0.489 e. The van der Waals surface area contributed by atoms with Crippen LogP contribution in [-0.2, 0) is 11.4 Å². The zero-order chi connectivity index (χ0) is 15.8. The van der Waals surface area contributed by atoms with Crippen LogP contribution in [0.15, 0.2) is 64.7 Å². The van der Waals surface area contributed by atoms with Gasteiger partial charge < -0.3 is 15.3 Å². The Morgan fingerprint density at radius 1 is 1.05 bits per heavy atom. The minimum Gasteiger partial charge on any atom is -0.489 e. The first-order valence-electron chi connectivity index (χ1n) is 6.86. The minimum absolute atomic E-state index is 0.314. The molecule has 5 nitrogen and oxygen atoms in total. The van der Waals surface area contributed by atoms with Gasteiger partial charge in [0.05, 0.1) is 0 Å². The van der Waals surface area contributed by atoms with Crippen LogP contribution in [0.5, 0.6) is 5.75 Å². The first-order valence-corrected chi connectivity index (χ1v) is 6.86. The van der Waals surface area contributed by atoms with Gasteiger partial charge in [-0.25, -0.2) is 0 Å². The van der Waals surface area contributed by atoms with Crippen LogP contribution in [0, 0.1) is 0 Å². The number of para-hydroxylation sites is 1. The number of aliphatic imine (C=N–C) groups is 1. The van der Waals surface area contributed by atoms with Gasteiger partial charge in [-0.2, -0.15) is 0 Å².